The molecule has 0 amide bonds. The van der Waals surface area contributed by atoms with E-state index in [2.05, 4.69) is 11.9 Å². The highest BCUT2D eigenvalue weighted by Crippen LogP contribution is 2.33. The highest BCUT2D eigenvalue weighted by Gasteiger charge is 2.31. The fourth-order valence-corrected chi connectivity index (χ4v) is 2.26. The molecule has 0 saturated carbocycles. The van der Waals surface area contributed by atoms with Crippen LogP contribution in [0.25, 0.3) is 0 Å². The Morgan fingerprint density at radius 1 is 1.53 bits per heavy atom. The van der Waals surface area contributed by atoms with Crippen molar-refractivity contribution in [1.82, 2.24) is 5.32 Å². The average Bonchev–Trinajstić information content (AvgIpc) is 2.86. The highest BCUT2D eigenvalue weighted by atomic mass is 16.5. The van der Waals surface area contributed by atoms with Gasteiger partial charge in [-0.15, -0.1) is 0 Å². The van der Waals surface area contributed by atoms with Crippen molar-refractivity contribution in [3.8, 4) is 5.75 Å². The predicted molar refractivity (Wildman–Crippen MR) is 73.2 cm³/mol. The Morgan fingerprint density at radius 2 is 2.26 bits per heavy atom. The Balaban J connectivity index is 2.12. The van der Waals surface area contributed by atoms with E-state index in [1.54, 1.807) is 0 Å². The minimum atomic E-state index is -0.740. The number of carboxylic acid groups (broad SMARTS) is 1. The standard InChI is InChI=1S/C15H19NO3/c1-10(2)9-19-14-6-4-3-5-12(14)13-7-11(8-16-13)15(17)18/h3-6,11,13,16H,1,7-9H2,2H3,(H,17,18). The summed E-state index contributed by atoms with van der Waals surface area (Å²) in [6.45, 7) is 6.71. The average molecular weight is 261 g/mol. The second-order valence-corrected chi connectivity index (χ2v) is 5.02. The minimum Gasteiger partial charge on any atom is -0.489 e. The van der Waals surface area contributed by atoms with E-state index in [4.69, 9.17) is 9.84 Å². The van der Waals surface area contributed by atoms with Crippen LogP contribution in [0.2, 0.25) is 0 Å². The van der Waals surface area contributed by atoms with Gasteiger partial charge in [0.15, 0.2) is 0 Å². The second-order valence-electron chi connectivity index (χ2n) is 5.02. The zero-order valence-corrected chi connectivity index (χ0v) is 11.1. The van der Waals surface area contributed by atoms with Crippen molar-refractivity contribution in [2.24, 2.45) is 5.92 Å². The number of ether oxygens (including phenoxy) is 1. The zero-order chi connectivity index (χ0) is 13.8. The molecule has 1 aromatic rings. The van der Waals surface area contributed by atoms with Gasteiger partial charge in [-0.2, -0.15) is 0 Å². The molecule has 2 N–H and O–H groups in total. The Bertz CT molecular complexity index is 484. The van der Waals surface area contributed by atoms with Crippen LogP contribution in [0.4, 0.5) is 0 Å². The van der Waals surface area contributed by atoms with Crippen LogP contribution in [0.3, 0.4) is 0 Å². The first-order valence-electron chi connectivity index (χ1n) is 6.40. The number of carbonyl (C=O) groups is 1. The van der Waals surface area contributed by atoms with Gasteiger partial charge < -0.3 is 15.2 Å². The normalized spacial score (nSPS) is 22.2. The largest absolute Gasteiger partial charge is 0.489 e. The lowest BCUT2D eigenvalue weighted by Gasteiger charge is -2.16. The molecule has 0 radical (unpaired) electrons. The van der Waals surface area contributed by atoms with Crippen LogP contribution in [0, 0.1) is 5.92 Å². The van der Waals surface area contributed by atoms with Crippen molar-refractivity contribution >= 4 is 5.97 Å². The number of hydrogen-bond donors (Lipinski definition) is 2. The molecule has 4 nitrogen and oxygen atoms in total. The number of benzene rings is 1. The summed E-state index contributed by atoms with van der Waals surface area (Å²) in [6.07, 6.45) is 0.600. The van der Waals surface area contributed by atoms with E-state index in [1.807, 2.05) is 31.2 Å². The van der Waals surface area contributed by atoms with Crippen LogP contribution < -0.4 is 10.1 Å². The van der Waals surface area contributed by atoms with Gasteiger partial charge in [0.05, 0.1) is 5.92 Å². The van der Waals surface area contributed by atoms with Gasteiger partial charge in [0.25, 0.3) is 0 Å². The van der Waals surface area contributed by atoms with Crippen LogP contribution in [0.15, 0.2) is 36.4 Å². The molecule has 4 heteroatoms. The first-order valence-corrected chi connectivity index (χ1v) is 6.40. The van der Waals surface area contributed by atoms with Gasteiger partial charge in [-0.25, -0.2) is 0 Å². The van der Waals surface area contributed by atoms with Crippen molar-refractivity contribution in [3.05, 3.63) is 42.0 Å². The molecule has 0 spiro atoms. The highest BCUT2D eigenvalue weighted by molar-refractivity contribution is 5.71. The zero-order valence-electron chi connectivity index (χ0n) is 11.1. The van der Waals surface area contributed by atoms with E-state index in [0.717, 1.165) is 16.9 Å². The molecule has 1 saturated heterocycles. The monoisotopic (exact) mass is 261 g/mol. The maximum atomic E-state index is 11.0. The van der Waals surface area contributed by atoms with Crippen LogP contribution >= 0.6 is 0 Å². The lowest BCUT2D eigenvalue weighted by Crippen LogP contribution is -2.17. The summed E-state index contributed by atoms with van der Waals surface area (Å²) in [4.78, 5) is 11.0. The molecule has 0 bridgehead atoms. The molecule has 0 aromatic heterocycles. The Hall–Kier alpha value is -1.81. The van der Waals surface area contributed by atoms with Gasteiger partial charge in [-0.05, 0) is 25.0 Å². The lowest BCUT2D eigenvalue weighted by molar-refractivity contribution is -0.141. The molecule has 2 atom stereocenters. The molecule has 1 fully saturated rings. The molecule has 1 aromatic carbocycles. The van der Waals surface area contributed by atoms with E-state index >= 15 is 0 Å². The van der Waals surface area contributed by atoms with E-state index < -0.39 is 5.97 Å². The van der Waals surface area contributed by atoms with Crippen molar-refractivity contribution in [2.45, 2.75) is 19.4 Å². The molecule has 19 heavy (non-hydrogen) atoms. The summed E-state index contributed by atoms with van der Waals surface area (Å²) >= 11 is 0. The topological polar surface area (TPSA) is 58.6 Å². The van der Waals surface area contributed by atoms with E-state index in [9.17, 15) is 4.79 Å². The van der Waals surface area contributed by atoms with Gasteiger partial charge in [-0.1, -0.05) is 24.8 Å². The molecule has 1 heterocycles. The summed E-state index contributed by atoms with van der Waals surface area (Å²) in [7, 11) is 0. The van der Waals surface area contributed by atoms with Crippen molar-refractivity contribution in [3.63, 3.8) is 0 Å². The molecular weight excluding hydrogens is 242 g/mol. The first kappa shape index (κ1) is 13.6. The number of para-hydroxylation sites is 1. The molecule has 2 unspecified atom stereocenters. The lowest BCUT2D eigenvalue weighted by atomic mass is 9.99. The van der Waals surface area contributed by atoms with Gasteiger partial charge in [-0.3, -0.25) is 4.79 Å². The smallest absolute Gasteiger partial charge is 0.307 e. The number of nitrogens with one attached hydrogen (secondary N) is 1. The van der Waals surface area contributed by atoms with E-state index in [0.29, 0.717) is 19.6 Å². The third-order valence-electron chi connectivity index (χ3n) is 3.25. The molecule has 2 rings (SSSR count). The third kappa shape index (κ3) is 3.35. The molecule has 1 aliphatic heterocycles. The van der Waals surface area contributed by atoms with Crippen LogP contribution in [-0.2, 0) is 4.79 Å². The van der Waals surface area contributed by atoms with Crippen LogP contribution in [-0.4, -0.2) is 24.2 Å². The fourth-order valence-electron chi connectivity index (χ4n) is 2.26. The van der Waals surface area contributed by atoms with E-state index in [-0.39, 0.29) is 12.0 Å². The first-order chi connectivity index (χ1) is 9.08. The summed E-state index contributed by atoms with van der Waals surface area (Å²) in [6, 6.07) is 7.80. The number of rotatable bonds is 5. The SMILES string of the molecule is C=C(C)COc1ccccc1C1CC(C(=O)O)CN1. The second kappa shape index (κ2) is 5.89. The minimum absolute atomic E-state index is 0.0439. The quantitative estimate of drug-likeness (QED) is 0.799. The summed E-state index contributed by atoms with van der Waals surface area (Å²) in [5, 5.41) is 12.3. The maximum Gasteiger partial charge on any atom is 0.307 e. The summed E-state index contributed by atoms with van der Waals surface area (Å²) in [5.41, 5.74) is 1.98. The van der Waals surface area contributed by atoms with E-state index in [1.165, 1.54) is 0 Å². The number of carboxylic acids is 1. The Labute approximate surface area is 113 Å². The Kier molecular flexibility index (Phi) is 4.22. The maximum absolute atomic E-state index is 11.0. The van der Waals surface area contributed by atoms with Crippen molar-refractivity contribution < 1.29 is 14.6 Å². The van der Waals surface area contributed by atoms with Crippen LogP contribution in [0.1, 0.15) is 24.9 Å². The van der Waals surface area contributed by atoms with Gasteiger partial charge in [0.2, 0.25) is 0 Å². The molecular formula is C15H19NO3. The van der Waals surface area contributed by atoms with Crippen molar-refractivity contribution in [2.75, 3.05) is 13.2 Å². The fraction of sp³-hybridized carbons (Fsp3) is 0.400. The van der Waals surface area contributed by atoms with Gasteiger partial charge >= 0.3 is 5.97 Å². The van der Waals surface area contributed by atoms with Crippen molar-refractivity contribution in [1.29, 1.82) is 0 Å². The van der Waals surface area contributed by atoms with Crippen LogP contribution in [0.5, 0.6) is 5.75 Å². The summed E-state index contributed by atoms with van der Waals surface area (Å²) in [5.74, 6) is -0.261. The Morgan fingerprint density at radius 3 is 2.89 bits per heavy atom. The molecule has 102 valence electrons. The predicted octanol–water partition coefficient (Wildman–Crippen LogP) is 2.38. The number of aliphatic carboxylic acids is 1. The third-order valence-corrected chi connectivity index (χ3v) is 3.25. The number of hydrogen-bond acceptors (Lipinski definition) is 3. The van der Waals surface area contributed by atoms with Gasteiger partial charge in [0.1, 0.15) is 12.4 Å². The van der Waals surface area contributed by atoms with Gasteiger partial charge in [0, 0.05) is 18.2 Å². The summed E-state index contributed by atoms with van der Waals surface area (Å²) < 4.78 is 5.72. The molecule has 1 aliphatic rings. The molecule has 0 aliphatic carbocycles.